The van der Waals surface area contributed by atoms with Gasteiger partial charge < -0.3 is 9.47 Å². The number of ether oxygens (including phenoxy) is 2. The molecule has 1 aliphatic rings. The summed E-state index contributed by atoms with van der Waals surface area (Å²) in [6.07, 6.45) is 1.24. The fraction of sp³-hybridized carbons (Fsp3) is 0.0625. The fourth-order valence-corrected chi connectivity index (χ4v) is 2.95. The number of pyridine rings is 1. The Labute approximate surface area is 139 Å². The van der Waals surface area contributed by atoms with E-state index in [4.69, 9.17) is 9.47 Å². The molecular weight excluding hydrogens is 333 g/mol. The Bertz CT molecular complexity index is 928. The molecule has 4 rings (SSSR count). The number of halogens is 1. The highest BCUT2D eigenvalue weighted by Crippen LogP contribution is 2.36. The van der Waals surface area contributed by atoms with Gasteiger partial charge in [0.15, 0.2) is 16.6 Å². The van der Waals surface area contributed by atoms with Crippen LogP contribution >= 0.6 is 11.3 Å². The Morgan fingerprint density at radius 2 is 2.08 bits per heavy atom. The number of anilines is 1. The third kappa shape index (κ3) is 2.79. The predicted molar refractivity (Wildman–Crippen MR) is 85.8 cm³/mol. The van der Waals surface area contributed by atoms with Gasteiger partial charge in [-0.25, -0.2) is 9.97 Å². The van der Waals surface area contributed by atoms with Crippen molar-refractivity contribution in [3.05, 3.63) is 53.4 Å². The van der Waals surface area contributed by atoms with Crippen molar-refractivity contribution in [1.82, 2.24) is 9.97 Å². The molecule has 0 fully saturated rings. The van der Waals surface area contributed by atoms with Gasteiger partial charge in [0.05, 0.1) is 5.69 Å². The van der Waals surface area contributed by atoms with Gasteiger partial charge in [-0.2, -0.15) is 4.39 Å². The van der Waals surface area contributed by atoms with Gasteiger partial charge in [-0.3, -0.25) is 10.1 Å². The highest BCUT2D eigenvalue weighted by molar-refractivity contribution is 7.14. The lowest BCUT2D eigenvalue weighted by Gasteiger charge is -2.01. The fourth-order valence-electron chi connectivity index (χ4n) is 2.23. The Morgan fingerprint density at radius 3 is 2.96 bits per heavy atom. The second-order valence-corrected chi connectivity index (χ2v) is 5.79. The maximum atomic E-state index is 13.1. The van der Waals surface area contributed by atoms with Crippen LogP contribution in [0.2, 0.25) is 0 Å². The van der Waals surface area contributed by atoms with E-state index >= 15 is 0 Å². The van der Waals surface area contributed by atoms with Crippen molar-refractivity contribution in [2.24, 2.45) is 0 Å². The lowest BCUT2D eigenvalue weighted by atomic mass is 10.1. The molecule has 120 valence electrons. The normalized spacial score (nSPS) is 12.2. The summed E-state index contributed by atoms with van der Waals surface area (Å²) >= 11 is 1.28. The van der Waals surface area contributed by atoms with Crippen molar-refractivity contribution in [1.29, 1.82) is 0 Å². The number of benzene rings is 1. The molecule has 0 aliphatic carbocycles. The number of carbonyl (C=O) groups excluding carboxylic acids is 1. The van der Waals surface area contributed by atoms with Crippen LogP contribution in [0.15, 0.2) is 41.9 Å². The Morgan fingerprint density at radius 1 is 1.21 bits per heavy atom. The molecule has 6 nitrogen and oxygen atoms in total. The van der Waals surface area contributed by atoms with Gasteiger partial charge in [0.25, 0.3) is 5.91 Å². The van der Waals surface area contributed by atoms with E-state index in [-0.39, 0.29) is 12.4 Å². The van der Waals surface area contributed by atoms with Crippen LogP contribution in [-0.2, 0) is 0 Å². The smallest absolute Gasteiger partial charge is 0.257 e. The third-order valence-corrected chi connectivity index (χ3v) is 4.14. The second kappa shape index (κ2) is 5.89. The topological polar surface area (TPSA) is 73.3 Å². The summed E-state index contributed by atoms with van der Waals surface area (Å²) in [7, 11) is 0. The number of rotatable bonds is 3. The molecule has 0 radical (unpaired) electrons. The van der Waals surface area contributed by atoms with E-state index in [1.807, 2.05) is 23.6 Å². The largest absolute Gasteiger partial charge is 0.454 e. The summed E-state index contributed by atoms with van der Waals surface area (Å²) < 4.78 is 23.7. The zero-order valence-corrected chi connectivity index (χ0v) is 13.0. The number of nitrogens with zero attached hydrogens (tertiary/aromatic N) is 2. The maximum Gasteiger partial charge on any atom is 0.257 e. The first-order valence-electron chi connectivity index (χ1n) is 6.97. The Balaban J connectivity index is 1.53. The lowest BCUT2D eigenvalue weighted by molar-refractivity contribution is 0.102. The molecule has 0 saturated carbocycles. The van der Waals surface area contributed by atoms with E-state index in [1.165, 1.54) is 23.6 Å². The average molecular weight is 343 g/mol. The molecule has 8 heteroatoms. The number of nitrogens with one attached hydrogen (secondary N) is 1. The Hall–Kier alpha value is -3.00. The van der Waals surface area contributed by atoms with Crippen molar-refractivity contribution >= 4 is 22.4 Å². The molecule has 0 bridgehead atoms. The van der Waals surface area contributed by atoms with E-state index in [9.17, 15) is 9.18 Å². The second-order valence-electron chi connectivity index (χ2n) is 4.93. The highest BCUT2D eigenvalue weighted by Gasteiger charge is 2.16. The maximum absolute atomic E-state index is 13.1. The zero-order chi connectivity index (χ0) is 16.5. The van der Waals surface area contributed by atoms with E-state index < -0.39 is 11.9 Å². The van der Waals surface area contributed by atoms with Gasteiger partial charge in [-0.15, -0.1) is 11.3 Å². The molecule has 1 amide bonds. The number of hydrogen-bond acceptors (Lipinski definition) is 6. The number of amides is 1. The lowest BCUT2D eigenvalue weighted by Crippen LogP contribution is -2.12. The number of carbonyl (C=O) groups is 1. The Kier molecular flexibility index (Phi) is 3.58. The van der Waals surface area contributed by atoms with Crippen molar-refractivity contribution in [2.45, 2.75) is 0 Å². The number of fused-ring (bicyclic) bond motifs is 1. The van der Waals surface area contributed by atoms with E-state index in [2.05, 4.69) is 15.3 Å². The summed E-state index contributed by atoms with van der Waals surface area (Å²) in [4.78, 5) is 19.9. The molecule has 1 N–H and O–H groups in total. The van der Waals surface area contributed by atoms with Gasteiger partial charge in [0.1, 0.15) is 0 Å². The quantitative estimate of drug-likeness (QED) is 0.739. The first-order valence-corrected chi connectivity index (χ1v) is 7.85. The molecule has 0 spiro atoms. The van der Waals surface area contributed by atoms with Gasteiger partial charge >= 0.3 is 0 Å². The van der Waals surface area contributed by atoms with Crippen molar-refractivity contribution in [2.75, 3.05) is 12.1 Å². The van der Waals surface area contributed by atoms with Crippen LogP contribution in [0, 0.1) is 5.95 Å². The van der Waals surface area contributed by atoms with Gasteiger partial charge in [-0.05, 0) is 24.3 Å². The first kappa shape index (κ1) is 14.6. The summed E-state index contributed by atoms with van der Waals surface area (Å²) in [6, 6.07) is 8.02. The minimum atomic E-state index is -0.706. The van der Waals surface area contributed by atoms with Crippen LogP contribution in [0.25, 0.3) is 11.3 Å². The minimum Gasteiger partial charge on any atom is -0.454 e. The van der Waals surface area contributed by atoms with Crippen LogP contribution in [0.5, 0.6) is 11.5 Å². The number of aromatic nitrogens is 2. The van der Waals surface area contributed by atoms with Crippen molar-refractivity contribution in [3.63, 3.8) is 0 Å². The number of hydrogen-bond donors (Lipinski definition) is 1. The summed E-state index contributed by atoms with van der Waals surface area (Å²) in [5.74, 6) is 0.214. The molecular formula is C16H10FN3O3S. The summed E-state index contributed by atoms with van der Waals surface area (Å²) in [5.41, 5.74) is 1.74. The predicted octanol–water partition coefficient (Wildman–Crippen LogP) is 3.33. The molecule has 1 aromatic carbocycles. The number of thiazole rings is 1. The van der Waals surface area contributed by atoms with Gasteiger partial charge in [0, 0.05) is 28.8 Å². The van der Waals surface area contributed by atoms with Gasteiger partial charge in [0.2, 0.25) is 12.7 Å². The van der Waals surface area contributed by atoms with E-state index in [1.54, 1.807) is 0 Å². The van der Waals surface area contributed by atoms with Crippen molar-refractivity contribution < 1.29 is 18.7 Å². The molecule has 24 heavy (non-hydrogen) atoms. The third-order valence-electron chi connectivity index (χ3n) is 3.38. The van der Waals surface area contributed by atoms with Crippen molar-refractivity contribution in [3.8, 4) is 22.8 Å². The zero-order valence-electron chi connectivity index (χ0n) is 12.2. The SMILES string of the molecule is O=C(Nc1nc(-c2ccc3c(c2)OCO3)cs1)c1ccnc(F)c1. The van der Waals surface area contributed by atoms with E-state index in [0.29, 0.717) is 22.3 Å². The summed E-state index contributed by atoms with van der Waals surface area (Å²) in [6.45, 7) is 0.208. The summed E-state index contributed by atoms with van der Waals surface area (Å²) in [5, 5.41) is 4.89. The standard InChI is InChI=1S/C16H10FN3O3S/c17-14-6-10(3-4-18-14)15(21)20-16-19-11(7-24-16)9-1-2-12-13(5-9)23-8-22-12/h1-7H,8H2,(H,19,20,21). The average Bonchev–Trinajstić information content (AvgIpc) is 3.23. The van der Waals surface area contributed by atoms with Crippen LogP contribution < -0.4 is 14.8 Å². The molecule has 2 aromatic heterocycles. The molecule has 3 aromatic rings. The van der Waals surface area contributed by atoms with Crippen LogP contribution in [0.3, 0.4) is 0 Å². The monoisotopic (exact) mass is 343 g/mol. The minimum absolute atomic E-state index is 0.183. The van der Waals surface area contributed by atoms with Crippen LogP contribution in [0.1, 0.15) is 10.4 Å². The molecule has 0 atom stereocenters. The molecule has 3 heterocycles. The van der Waals surface area contributed by atoms with E-state index in [0.717, 1.165) is 11.6 Å². The molecule has 0 unspecified atom stereocenters. The first-order chi connectivity index (χ1) is 11.7. The molecule has 0 saturated heterocycles. The van der Waals surface area contributed by atoms with Crippen LogP contribution in [-0.4, -0.2) is 22.7 Å². The van der Waals surface area contributed by atoms with Gasteiger partial charge in [-0.1, -0.05) is 0 Å². The molecule has 1 aliphatic heterocycles. The highest BCUT2D eigenvalue weighted by atomic mass is 32.1. The van der Waals surface area contributed by atoms with Crippen LogP contribution in [0.4, 0.5) is 9.52 Å².